The van der Waals surface area contributed by atoms with Gasteiger partial charge in [0.2, 0.25) is 0 Å². The third-order valence-corrected chi connectivity index (χ3v) is 15.0. The number of para-hydroxylation sites is 3. The summed E-state index contributed by atoms with van der Waals surface area (Å²) in [5.74, 6) is 0.410. The number of aromatic nitrogens is 2. The predicted molar refractivity (Wildman–Crippen MR) is 313 cm³/mol. The zero-order valence-corrected chi connectivity index (χ0v) is 41.4. The molecule has 5 heteroatoms. The topological polar surface area (TPSA) is 72.1 Å². The molecule has 0 radical (unpaired) electrons. The predicted octanol–water partition coefficient (Wildman–Crippen LogP) is 16.6. The summed E-state index contributed by atoms with van der Waals surface area (Å²) < 4.78 is 4.89. The quantitative estimate of drug-likeness (QED) is 0.121. The van der Waals surface area contributed by atoms with Crippen molar-refractivity contribution >= 4 is 55.3 Å². The van der Waals surface area contributed by atoms with E-state index in [0.29, 0.717) is 11.4 Å². The summed E-state index contributed by atoms with van der Waals surface area (Å²) in [5, 5.41) is 14.0. The molecule has 0 bridgehead atoms. The molecule has 0 amide bonds. The molecule has 1 aliphatic carbocycles. The summed E-state index contributed by atoms with van der Waals surface area (Å²) in [5.41, 5.74) is 24.7. The summed E-state index contributed by atoms with van der Waals surface area (Å²) in [6.45, 7) is 2.08. The first-order valence-corrected chi connectivity index (χ1v) is 25.5. The van der Waals surface area contributed by atoms with Gasteiger partial charge in [0.15, 0.2) is 5.84 Å². The second-order valence-corrected chi connectivity index (χ2v) is 19.3. The molecule has 0 unspecified atom stereocenters. The molecule has 2 heterocycles. The minimum absolute atomic E-state index is 0.103. The van der Waals surface area contributed by atoms with Gasteiger partial charge in [-0.1, -0.05) is 224 Å². The zero-order chi connectivity index (χ0) is 50.5. The minimum atomic E-state index is -0.662. The molecule has 0 fully saturated rings. The highest BCUT2D eigenvalue weighted by atomic mass is 15.0. The monoisotopic (exact) mass is 961 g/mol. The summed E-state index contributed by atoms with van der Waals surface area (Å²) in [6.07, 6.45) is 0. The van der Waals surface area contributed by atoms with E-state index in [1.807, 2.05) is 60.7 Å². The molecule has 0 spiro atoms. The molecule has 0 atom stereocenters. The highest BCUT2D eigenvalue weighted by molar-refractivity contribution is 6.22. The average molecular weight is 962 g/mol. The van der Waals surface area contributed by atoms with Gasteiger partial charge in [-0.2, -0.15) is 0 Å². The molecule has 0 saturated heterocycles. The lowest BCUT2D eigenvalue weighted by Gasteiger charge is -2.34. The van der Waals surface area contributed by atoms with E-state index >= 15 is 0 Å². The van der Waals surface area contributed by atoms with E-state index in [1.54, 1.807) is 0 Å². The Balaban J connectivity index is 0.000000717. The number of amidine groups is 2. The Morgan fingerprint density at radius 3 is 1.64 bits per heavy atom. The van der Waals surface area contributed by atoms with Crippen LogP contribution in [0.3, 0.4) is 0 Å². The van der Waals surface area contributed by atoms with Gasteiger partial charge in [-0.15, -0.1) is 0 Å². The fourth-order valence-corrected chi connectivity index (χ4v) is 11.8. The van der Waals surface area contributed by atoms with Crippen molar-refractivity contribution in [2.24, 2.45) is 10.7 Å². The number of hydrogen-bond donors (Lipinski definition) is 2. The molecule has 14 rings (SSSR count). The van der Waals surface area contributed by atoms with Crippen LogP contribution in [0.4, 0.5) is 0 Å². The molecule has 356 valence electrons. The Morgan fingerprint density at radius 1 is 0.427 bits per heavy atom. The molecule has 0 aliphatic heterocycles. The van der Waals surface area contributed by atoms with E-state index in [4.69, 9.17) is 5.73 Å². The SMILES string of the molecule is Cc1ccccc1.N=C(N=C(N)c1ccccc1)c1cccc(-c2cc3c(c4c2c2ccccc2n4-c2ccc4c(c2)c2ccccc2n4-c2ccccc2)-c2ccccc2C3(c2ccccc2)c2ccccc2)c1. The van der Waals surface area contributed by atoms with Crippen molar-refractivity contribution in [3.05, 3.63) is 312 Å². The summed E-state index contributed by atoms with van der Waals surface area (Å²) >= 11 is 0. The number of fused-ring (bicyclic) bond motifs is 10. The van der Waals surface area contributed by atoms with Crippen molar-refractivity contribution in [3.8, 4) is 33.6 Å². The molecule has 0 saturated carbocycles. The van der Waals surface area contributed by atoms with Gasteiger partial charge in [0.1, 0.15) is 5.84 Å². The number of hydrogen-bond acceptors (Lipinski definition) is 1. The van der Waals surface area contributed by atoms with E-state index < -0.39 is 5.41 Å². The van der Waals surface area contributed by atoms with Crippen LogP contribution in [-0.4, -0.2) is 20.8 Å². The Labute approximate surface area is 436 Å². The Morgan fingerprint density at radius 2 is 0.973 bits per heavy atom. The number of nitrogens with one attached hydrogen (secondary N) is 1. The van der Waals surface area contributed by atoms with Crippen LogP contribution in [0, 0.1) is 12.3 Å². The second-order valence-electron chi connectivity index (χ2n) is 19.3. The fourth-order valence-electron chi connectivity index (χ4n) is 11.8. The molecule has 2 aromatic heterocycles. The van der Waals surface area contributed by atoms with Gasteiger partial charge in [-0.05, 0) is 100 Å². The molecule has 5 nitrogen and oxygen atoms in total. The Bertz CT molecular complexity index is 4270. The number of benzene rings is 11. The molecular weight excluding hydrogens is 911 g/mol. The maximum atomic E-state index is 9.28. The number of aryl methyl sites for hydroxylation is 1. The highest BCUT2D eigenvalue weighted by Gasteiger charge is 2.48. The number of aliphatic imine (C=N–C) groups is 1. The van der Waals surface area contributed by atoms with Crippen LogP contribution in [-0.2, 0) is 5.41 Å². The molecule has 13 aromatic rings. The van der Waals surface area contributed by atoms with Crippen molar-refractivity contribution in [1.82, 2.24) is 9.13 Å². The number of nitrogens with two attached hydrogens (primary N) is 1. The van der Waals surface area contributed by atoms with E-state index in [-0.39, 0.29) is 5.84 Å². The maximum absolute atomic E-state index is 9.28. The van der Waals surface area contributed by atoms with Gasteiger partial charge >= 0.3 is 0 Å². The molecule has 11 aromatic carbocycles. The van der Waals surface area contributed by atoms with Gasteiger partial charge in [0, 0.05) is 49.6 Å². The highest BCUT2D eigenvalue weighted by Crippen LogP contribution is 2.60. The van der Waals surface area contributed by atoms with Crippen LogP contribution >= 0.6 is 0 Å². The zero-order valence-electron chi connectivity index (χ0n) is 41.4. The lowest BCUT2D eigenvalue weighted by Crippen LogP contribution is -2.28. The lowest BCUT2D eigenvalue weighted by molar-refractivity contribution is 0.769. The first kappa shape index (κ1) is 45.1. The molecular formula is C70H51N5. The summed E-state index contributed by atoms with van der Waals surface area (Å²) in [7, 11) is 0. The second kappa shape index (κ2) is 18.6. The van der Waals surface area contributed by atoms with Gasteiger partial charge in [-0.25, -0.2) is 4.99 Å². The minimum Gasteiger partial charge on any atom is -0.383 e. The Kier molecular flexibility index (Phi) is 11.2. The third-order valence-electron chi connectivity index (χ3n) is 15.0. The first-order chi connectivity index (χ1) is 37.0. The fraction of sp³-hybridized carbons (Fsp3) is 0.0286. The van der Waals surface area contributed by atoms with Crippen molar-refractivity contribution in [3.63, 3.8) is 0 Å². The lowest BCUT2D eigenvalue weighted by atomic mass is 9.67. The van der Waals surface area contributed by atoms with Crippen molar-refractivity contribution in [2.75, 3.05) is 0 Å². The third kappa shape index (κ3) is 7.47. The molecule has 1 aliphatic rings. The van der Waals surface area contributed by atoms with E-state index in [9.17, 15) is 5.41 Å². The number of nitrogens with zero attached hydrogens (tertiary/aromatic N) is 3. The standard InChI is InChI=1S/C63H43N5.C7H8/c64-61(41-20-5-1-6-21-41)66-62(65)43-23-19-22-42(38-43)51-40-54-59(49-31-13-16-33-53(49)63(54,44-24-7-2-8-25-44)45-26-9-3-10-27-45)60-58(51)50-32-15-18-35-56(50)68(60)47-36-37-57-52(39-47)48-30-14-17-34-55(48)67(57)46-28-11-4-12-29-46;1-7-5-3-2-4-6-7/h1-40H,(H3,64,65,66);2-6H,1H3. The first-order valence-electron chi connectivity index (χ1n) is 25.5. The normalized spacial score (nSPS) is 12.6. The maximum Gasteiger partial charge on any atom is 0.154 e. The van der Waals surface area contributed by atoms with Gasteiger partial charge in [0.05, 0.1) is 27.5 Å². The Hall–Kier alpha value is -9.84. The smallest absolute Gasteiger partial charge is 0.154 e. The van der Waals surface area contributed by atoms with E-state index in [2.05, 4.69) is 233 Å². The van der Waals surface area contributed by atoms with E-state index in [0.717, 1.165) is 55.4 Å². The molecule has 3 N–H and O–H groups in total. The van der Waals surface area contributed by atoms with Crippen LogP contribution in [0.2, 0.25) is 0 Å². The average Bonchev–Trinajstić information content (AvgIpc) is 4.31. The van der Waals surface area contributed by atoms with Crippen molar-refractivity contribution < 1.29 is 0 Å². The molecule has 75 heavy (non-hydrogen) atoms. The van der Waals surface area contributed by atoms with Crippen LogP contribution in [0.5, 0.6) is 0 Å². The van der Waals surface area contributed by atoms with Gasteiger partial charge < -0.3 is 14.9 Å². The van der Waals surface area contributed by atoms with Crippen LogP contribution in [0.1, 0.15) is 38.9 Å². The van der Waals surface area contributed by atoms with Gasteiger partial charge in [0.25, 0.3) is 0 Å². The number of rotatable bonds is 7. The van der Waals surface area contributed by atoms with Crippen molar-refractivity contribution in [1.29, 1.82) is 5.41 Å². The van der Waals surface area contributed by atoms with E-state index in [1.165, 1.54) is 55.2 Å². The van der Waals surface area contributed by atoms with Gasteiger partial charge in [-0.3, -0.25) is 5.41 Å². The van der Waals surface area contributed by atoms with Crippen LogP contribution < -0.4 is 5.73 Å². The summed E-state index contributed by atoms with van der Waals surface area (Å²) in [6, 6.07) is 96.9. The van der Waals surface area contributed by atoms with Crippen LogP contribution in [0.25, 0.3) is 77.2 Å². The largest absolute Gasteiger partial charge is 0.383 e. The van der Waals surface area contributed by atoms with Crippen molar-refractivity contribution in [2.45, 2.75) is 12.3 Å². The van der Waals surface area contributed by atoms with Crippen LogP contribution in [0.15, 0.2) is 278 Å². The summed E-state index contributed by atoms with van der Waals surface area (Å²) in [4.78, 5) is 4.63.